The van der Waals surface area contributed by atoms with Gasteiger partial charge in [0.05, 0.1) is 29.8 Å². The van der Waals surface area contributed by atoms with E-state index in [1.807, 2.05) is 18.2 Å². The summed E-state index contributed by atoms with van der Waals surface area (Å²) in [7, 11) is 0. The third-order valence-electron chi connectivity index (χ3n) is 6.09. The first kappa shape index (κ1) is 20.6. The van der Waals surface area contributed by atoms with Crippen LogP contribution in [-0.4, -0.2) is 53.7 Å². The molecule has 6 nitrogen and oxygen atoms in total. The number of nitriles is 1. The van der Waals surface area contributed by atoms with Crippen LogP contribution in [0.1, 0.15) is 42.9 Å². The molecular formula is C24H31N5O. The number of para-hydroxylation sites is 2. The van der Waals surface area contributed by atoms with Crippen LogP contribution in [0.4, 0.5) is 5.82 Å². The number of unbranched alkanes of at least 4 members (excludes halogenated alkanes) is 2. The SMILES string of the molecule is CCCCCc1c(C)c(C#N)c2nc3ccccc3n2c1NCCN1CCOCC1. The number of morpholine rings is 1. The fraction of sp³-hybridized carbons (Fsp3) is 0.500. The first-order valence-corrected chi connectivity index (χ1v) is 11.1. The van der Waals surface area contributed by atoms with Crippen molar-refractivity contribution >= 4 is 22.5 Å². The minimum atomic E-state index is 0.691. The van der Waals surface area contributed by atoms with E-state index in [0.29, 0.717) is 5.56 Å². The molecule has 158 valence electrons. The number of rotatable bonds is 8. The van der Waals surface area contributed by atoms with E-state index < -0.39 is 0 Å². The highest BCUT2D eigenvalue weighted by Crippen LogP contribution is 2.32. The molecule has 1 saturated heterocycles. The smallest absolute Gasteiger partial charge is 0.157 e. The van der Waals surface area contributed by atoms with Crippen molar-refractivity contribution < 1.29 is 4.74 Å². The lowest BCUT2D eigenvalue weighted by molar-refractivity contribution is 0.0398. The minimum absolute atomic E-state index is 0.691. The zero-order valence-corrected chi connectivity index (χ0v) is 18.1. The van der Waals surface area contributed by atoms with E-state index in [-0.39, 0.29) is 0 Å². The molecule has 0 unspecified atom stereocenters. The van der Waals surface area contributed by atoms with Gasteiger partial charge < -0.3 is 10.1 Å². The summed E-state index contributed by atoms with van der Waals surface area (Å²) in [5.41, 5.74) is 5.73. The van der Waals surface area contributed by atoms with Gasteiger partial charge in [-0.25, -0.2) is 4.98 Å². The molecule has 1 aromatic carbocycles. The van der Waals surface area contributed by atoms with Gasteiger partial charge in [-0.2, -0.15) is 5.26 Å². The summed E-state index contributed by atoms with van der Waals surface area (Å²) in [6.07, 6.45) is 4.46. The van der Waals surface area contributed by atoms with E-state index in [2.05, 4.69) is 40.6 Å². The number of nitrogens with zero attached hydrogens (tertiary/aromatic N) is 4. The Bertz CT molecular complexity index is 1060. The number of nitrogens with one attached hydrogen (secondary N) is 1. The molecule has 0 spiro atoms. The van der Waals surface area contributed by atoms with Crippen LogP contribution in [0.3, 0.4) is 0 Å². The number of hydrogen-bond donors (Lipinski definition) is 1. The first-order valence-electron chi connectivity index (χ1n) is 11.1. The predicted octanol–water partition coefficient (Wildman–Crippen LogP) is 4.14. The molecule has 1 aliphatic heterocycles. The number of anilines is 1. The standard InChI is InChI=1S/C24H31N5O/c1-3-4-5-8-19-18(2)20(17-25)24-27-21-9-6-7-10-22(21)29(24)23(19)26-11-12-28-13-15-30-16-14-28/h6-7,9-10,26H,3-5,8,11-16H2,1-2H3. The molecule has 1 aliphatic rings. The highest BCUT2D eigenvalue weighted by atomic mass is 16.5. The Kier molecular flexibility index (Phi) is 6.51. The van der Waals surface area contributed by atoms with Crippen molar-refractivity contribution in [2.24, 2.45) is 0 Å². The number of fused-ring (bicyclic) bond motifs is 3. The zero-order chi connectivity index (χ0) is 20.9. The highest BCUT2D eigenvalue weighted by Gasteiger charge is 2.20. The third-order valence-corrected chi connectivity index (χ3v) is 6.09. The van der Waals surface area contributed by atoms with Crippen molar-refractivity contribution in [2.45, 2.75) is 39.5 Å². The van der Waals surface area contributed by atoms with Crippen LogP contribution in [0.15, 0.2) is 24.3 Å². The van der Waals surface area contributed by atoms with Crippen LogP contribution in [-0.2, 0) is 11.2 Å². The van der Waals surface area contributed by atoms with Gasteiger partial charge in [-0.15, -0.1) is 0 Å². The molecule has 3 heterocycles. The molecule has 0 radical (unpaired) electrons. The lowest BCUT2D eigenvalue weighted by Crippen LogP contribution is -2.39. The summed E-state index contributed by atoms with van der Waals surface area (Å²) in [6.45, 7) is 9.73. The highest BCUT2D eigenvalue weighted by molar-refractivity contribution is 5.86. The van der Waals surface area contributed by atoms with E-state index in [1.54, 1.807) is 0 Å². The molecule has 0 aliphatic carbocycles. The molecule has 0 bridgehead atoms. The second-order valence-corrected chi connectivity index (χ2v) is 8.04. The van der Waals surface area contributed by atoms with E-state index >= 15 is 0 Å². The Hall–Kier alpha value is -2.62. The van der Waals surface area contributed by atoms with Gasteiger partial charge in [-0.05, 0) is 43.0 Å². The predicted molar refractivity (Wildman–Crippen MR) is 121 cm³/mol. The van der Waals surface area contributed by atoms with Gasteiger partial charge in [-0.1, -0.05) is 31.9 Å². The third kappa shape index (κ3) is 4.00. The largest absolute Gasteiger partial charge is 0.379 e. The Morgan fingerprint density at radius 2 is 2.00 bits per heavy atom. The van der Waals surface area contributed by atoms with Gasteiger partial charge in [0.2, 0.25) is 0 Å². The minimum Gasteiger partial charge on any atom is -0.379 e. The van der Waals surface area contributed by atoms with E-state index in [9.17, 15) is 5.26 Å². The Labute approximate surface area is 178 Å². The monoisotopic (exact) mass is 405 g/mol. The first-order chi connectivity index (χ1) is 14.7. The molecule has 2 aromatic heterocycles. The van der Waals surface area contributed by atoms with Crippen LogP contribution in [0.5, 0.6) is 0 Å². The van der Waals surface area contributed by atoms with E-state index in [4.69, 9.17) is 9.72 Å². The molecule has 1 N–H and O–H groups in total. The Morgan fingerprint density at radius 3 is 2.77 bits per heavy atom. The van der Waals surface area contributed by atoms with Crippen molar-refractivity contribution in [3.05, 3.63) is 41.0 Å². The van der Waals surface area contributed by atoms with Gasteiger partial charge in [0.15, 0.2) is 5.65 Å². The molecule has 6 heteroatoms. The van der Waals surface area contributed by atoms with Crippen molar-refractivity contribution in [1.29, 1.82) is 5.26 Å². The number of benzene rings is 1. The van der Waals surface area contributed by atoms with Gasteiger partial charge in [-0.3, -0.25) is 9.30 Å². The number of ether oxygens (including phenoxy) is 1. The Morgan fingerprint density at radius 1 is 1.20 bits per heavy atom. The lowest BCUT2D eigenvalue weighted by Gasteiger charge is -2.27. The zero-order valence-electron chi connectivity index (χ0n) is 18.1. The summed E-state index contributed by atoms with van der Waals surface area (Å²) in [5.74, 6) is 1.10. The van der Waals surface area contributed by atoms with Gasteiger partial charge >= 0.3 is 0 Å². The van der Waals surface area contributed by atoms with Crippen LogP contribution >= 0.6 is 0 Å². The molecule has 30 heavy (non-hydrogen) atoms. The van der Waals surface area contributed by atoms with E-state index in [0.717, 1.165) is 80.3 Å². The lowest BCUT2D eigenvalue weighted by atomic mass is 9.99. The second kappa shape index (κ2) is 9.46. The maximum Gasteiger partial charge on any atom is 0.157 e. The summed E-state index contributed by atoms with van der Waals surface area (Å²) in [4.78, 5) is 7.25. The molecular weight excluding hydrogens is 374 g/mol. The van der Waals surface area contributed by atoms with Crippen molar-refractivity contribution in [2.75, 3.05) is 44.7 Å². The summed E-state index contributed by atoms with van der Waals surface area (Å²) >= 11 is 0. The van der Waals surface area contributed by atoms with Crippen molar-refractivity contribution in [1.82, 2.24) is 14.3 Å². The maximum atomic E-state index is 9.93. The van der Waals surface area contributed by atoms with Crippen LogP contribution in [0.25, 0.3) is 16.7 Å². The van der Waals surface area contributed by atoms with Crippen molar-refractivity contribution in [3.63, 3.8) is 0 Å². The summed E-state index contributed by atoms with van der Waals surface area (Å²) in [6, 6.07) is 10.6. The average molecular weight is 406 g/mol. The fourth-order valence-electron chi connectivity index (χ4n) is 4.39. The maximum absolute atomic E-state index is 9.93. The van der Waals surface area contributed by atoms with Gasteiger partial charge in [0.25, 0.3) is 0 Å². The topological polar surface area (TPSA) is 65.6 Å². The number of pyridine rings is 1. The van der Waals surface area contributed by atoms with Crippen LogP contribution in [0.2, 0.25) is 0 Å². The Balaban J connectivity index is 1.77. The van der Waals surface area contributed by atoms with E-state index in [1.165, 1.54) is 18.4 Å². The molecule has 0 amide bonds. The second-order valence-electron chi connectivity index (χ2n) is 8.04. The quantitative estimate of drug-likeness (QED) is 0.571. The number of hydrogen-bond acceptors (Lipinski definition) is 5. The number of imidazole rings is 1. The molecule has 0 atom stereocenters. The molecule has 0 saturated carbocycles. The average Bonchev–Trinajstić information content (AvgIpc) is 3.15. The molecule has 3 aromatic rings. The molecule has 4 rings (SSSR count). The molecule has 1 fully saturated rings. The van der Waals surface area contributed by atoms with Gasteiger partial charge in [0, 0.05) is 26.2 Å². The van der Waals surface area contributed by atoms with Gasteiger partial charge in [0.1, 0.15) is 11.9 Å². The number of aromatic nitrogens is 2. The van der Waals surface area contributed by atoms with Crippen molar-refractivity contribution in [3.8, 4) is 6.07 Å². The fourth-order valence-corrected chi connectivity index (χ4v) is 4.39. The summed E-state index contributed by atoms with van der Waals surface area (Å²) in [5, 5.41) is 13.7. The summed E-state index contributed by atoms with van der Waals surface area (Å²) < 4.78 is 7.64. The normalized spacial score (nSPS) is 15.0. The van der Waals surface area contributed by atoms with Crippen LogP contribution in [0, 0.1) is 18.3 Å². The van der Waals surface area contributed by atoms with Crippen LogP contribution < -0.4 is 5.32 Å².